The molecule has 0 bridgehead atoms. The van der Waals surface area contributed by atoms with Gasteiger partial charge < -0.3 is 9.26 Å². The van der Waals surface area contributed by atoms with Gasteiger partial charge in [-0.1, -0.05) is 63.2 Å². The second-order valence-electron chi connectivity index (χ2n) is 9.02. The average molecular weight is 475 g/mol. The number of benzene rings is 2. The summed E-state index contributed by atoms with van der Waals surface area (Å²) in [5.74, 6) is 2.07. The highest BCUT2D eigenvalue weighted by atomic mass is 32.2. The van der Waals surface area contributed by atoms with Crippen LogP contribution in [-0.2, 0) is 13.6 Å². The van der Waals surface area contributed by atoms with Crippen LogP contribution in [0.4, 0.5) is 0 Å². The molecule has 2 aliphatic rings. The summed E-state index contributed by atoms with van der Waals surface area (Å²) in [7, 11) is -2.74. The first kappa shape index (κ1) is 23.4. The minimum atomic E-state index is -4.36. The van der Waals surface area contributed by atoms with Crippen LogP contribution in [0.5, 0.6) is 5.75 Å². The third-order valence-corrected chi connectivity index (χ3v) is 8.51. The fourth-order valence-corrected chi connectivity index (χ4v) is 6.80. The van der Waals surface area contributed by atoms with Gasteiger partial charge >= 0.3 is 7.82 Å². The van der Waals surface area contributed by atoms with Gasteiger partial charge in [-0.3, -0.25) is 9.42 Å². The van der Waals surface area contributed by atoms with Gasteiger partial charge in [0.1, 0.15) is 11.5 Å². The van der Waals surface area contributed by atoms with Crippen molar-refractivity contribution in [1.82, 2.24) is 0 Å². The zero-order valence-electron chi connectivity index (χ0n) is 19.0. The van der Waals surface area contributed by atoms with Crippen molar-refractivity contribution < 1.29 is 23.2 Å². The molecule has 0 spiro atoms. The quantitative estimate of drug-likeness (QED) is 0.445. The molecule has 32 heavy (non-hydrogen) atoms. The Morgan fingerprint density at radius 3 is 2.66 bits per heavy atom. The van der Waals surface area contributed by atoms with E-state index in [0.717, 1.165) is 34.6 Å². The van der Waals surface area contributed by atoms with E-state index in [1.54, 1.807) is 18.9 Å². The summed E-state index contributed by atoms with van der Waals surface area (Å²) in [6.45, 7) is 6.45. The van der Waals surface area contributed by atoms with Gasteiger partial charge in [-0.25, -0.2) is 4.57 Å². The number of phosphoric ester groups is 1. The van der Waals surface area contributed by atoms with Crippen LogP contribution in [0.3, 0.4) is 0 Å². The van der Waals surface area contributed by atoms with Crippen LogP contribution < -0.4 is 4.74 Å². The first-order valence-electron chi connectivity index (χ1n) is 11.1. The molecule has 172 valence electrons. The maximum Gasteiger partial charge on any atom is 0.527 e. The van der Waals surface area contributed by atoms with Crippen LogP contribution in [0.2, 0.25) is 0 Å². The molecule has 4 rings (SSSR count). The van der Waals surface area contributed by atoms with Gasteiger partial charge in [-0.2, -0.15) is 0 Å². The number of methoxy groups -OCH3 is 1. The lowest BCUT2D eigenvalue weighted by molar-refractivity contribution is 0.0230. The van der Waals surface area contributed by atoms with E-state index >= 15 is 0 Å². The molecule has 1 saturated carbocycles. The van der Waals surface area contributed by atoms with Gasteiger partial charge in [0.05, 0.1) is 18.1 Å². The van der Waals surface area contributed by atoms with E-state index in [1.165, 1.54) is 0 Å². The van der Waals surface area contributed by atoms with E-state index in [9.17, 15) is 9.46 Å². The van der Waals surface area contributed by atoms with E-state index < -0.39 is 7.82 Å². The summed E-state index contributed by atoms with van der Waals surface area (Å²) >= 11 is 1.56. The van der Waals surface area contributed by atoms with Gasteiger partial charge in [0, 0.05) is 10.5 Å². The van der Waals surface area contributed by atoms with E-state index in [2.05, 4.69) is 20.8 Å². The summed E-state index contributed by atoms with van der Waals surface area (Å²) in [5, 5.41) is 0. The van der Waals surface area contributed by atoms with Crippen LogP contribution in [0.15, 0.2) is 52.3 Å². The Morgan fingerprint density at radius 1 is 1.12 bits per heavy atom. The van der Waals surface area contributed by atoms with Gasteiger partial charge in [-0.15, -0.1) is 0 Å². The molecular weight excluding hydrogens is 443 g/mol. The van der Waals surface area contributed by atoms with Crippen molar-refractivity contribution in [2.45, 2.75) is 55.9 Å². The van der Waals surface area contributed by atoms with Crippen molar-refractivity contribution in [2.24, 2.45) is 17.8 Å². The second kappa shape index (κ2) is 9.64. The maximum absolute atomic E-state index is 13.2. The van der Waals surface area contributed by atoms with Crippen LogP contribution in [0, 0.1) is 17.8 Å². The van der Waals surface area contributed by atoms with E-state index in [1.807, 2.05) is 48.5 Å². The first-order valence-corrected chi connectivity index (χ1v) is 13.5. The van der Waals surface area contributed by atoms with Crippen LogP contribution in [0.1, 0.15) is 51.2 Å². The fourth-order valence-electron chi connectivity index (χ4n) is 4.63. The number of fused-ring (bicyclic) bond motifs is 2. The molecule has 1 fully saturated rings. The van der Waals surface area contributed by atoms with Crippen molar-refractivity contribution in [3.63, 3.8) is 0 Å². The molecule has 1 N–H and O–H groups in total. The van der Waals surface area contributed by atoms with Crippen LogP contribution in [-0.4, -0.2) is 18.1 Å². The Morgan fingerprint density at radius 2 is 1.91 bits per heavy atom. The van der Waals surface area contributed by atoms with Crippen molar-refractivity contribution in [2.75, 3.05) is 7.11 Å². The van der Waals surface area contributed by atoms with E-state index in [0.29, 0.717) is 28.9 Å². The lowest BCUT2D eigenvalue weighted by atomic mass is 9.75. The predicted molar refractivity (Wildman–Crippen MR) is 129 cm³/mol. The van der Waals surface area contributed by atoms with Gasteiger partial charge in [-0.05, 0) is 60.4 Å². The highest BCUT2D eigenvalue weighted by molar-refractivity contribution is 7.99. The summed E-state index contributed by atoms with van der Waals surface area (Å²) in [6.07, 6.45) is 4.39. The Kier molecular flexibility index (Phi) is 7.06. The van der Waals surface area contributed by atoms with Gasteiger partial charge in [0.25, 0.3) is 0 Å². The Balaban J connectivity index is 1.68. The number of ether oxygens (including phenoxy) is 1. The lowest BCUT2D eigenvalue weighted by Gasteiger charge is -2.37. The molecule has 5 nitrogen and oxygen atoms in total. The minimum Gasteiger partial charge on any atom is -0.496 e. The monoisotopic (exact) mass is 474 g/mol. The van der Waals surface area contributed by atoms with Crippen molar-refractivity contribution >= 4 is 31.4 Å². The van der Waals surface area contributed by atoms with E-state index in [-0.39, 0.29) is 12.0 Å². The molecule has 4 atom stereocenters. The molecule has 2 aromatic carbocycles. The Bertz CT molecular complexity index is 1050. The van der Waals surface area contributed by atoms with Crippen molar-refractivity contribution in [3.8, 4) is 5.75 Å². The highest BCUT2D eigenvalue weighted by Gasteiger charge is 2.38. The molecular formula is C25H31O5PS. The summed E-state index contributed by atoms with van der Waals surface area (Å²) < 4.78 is 30.4. The molecule has 2 aromatic rings. The number of rotatable bonds is 6. The minimum absolute atomic E-state index is 0.238. The molecule has 7 heteroatoms. The van der Waals surface area contributed by atoms with E-state index in [4.69, 9.17) is 13.8 Å². The van der Waals surface area contributed by atoms with Gasteiger partial charge in [0.2, 0.25) is 0 Å². The summed E-state index contributed by atoms with van der Waals surface area (Å²) in [4.78, 5) is 12.7. The summed E-state index contributed by atoms with van der Waals surface area (Å²) in [6, 6.07) is 13.5. The van der Waals surface area contributed by atoms with Crippen LogP contribution in [0.25, 0.3) is 11.8 Å². The third-order valence-electron chi connectivity index (χ3n) is 6.33. The van der Waals surface area contributed by atoms with Crippen LogP contribution >= 0.6 is 19.6 Å². The number of hydrogen-bond acceptors (Lipinski definition) is 5. The molecule has 0 amide bonds. The first-order chi connectivity index (χ1) is 15.3. The Labute approximate surface area is 194 Å². The Hall–Kier alpha value is -1.72. The normalized spacial score (nSPS) is 24.6. The largest absolute Gasteiger partial charge is 0.527 e. The standard InChI is InChI=1S/C25H31O5PS/c1-16(2)19-13-12-17(3)14-22(19)29-31(26,27)30-23-15-18-8-5-6-11-24(18)32-25-20(23)9-7-10-21(25)28-4/h5-11,15-17,19,22H,12-14H2,1-4H3,(H,26,27)/t17-,19+,22-/m1/s1. The predicted octanol–water partition coefficient (Wildman–Crippen LogP) is 7.25. The molecule has 1 aliphatic carbocycles. The van der Waals surface area contributed by atoms with Gasteiger partial charge in [0.15, 0.2) is 0 Å². The smallest absolute Gasteiger partial charge is 0.496 e. The molecule has 1 heterocycles. The molecule has 0 radical (unpaired) electrons. The fraction of sp³-hybridized carbons (Fsp3) is 0.440. The topological polar surface area (TPSA) is 65.0 Å². The SMILES string of the molecule is COc1cccc2c1Sc1ccccc1C=C2OP(=O)(O)O[C@@H]1C[C@H](C)CC[C@H]1C(C)C. The number of phosphoric acid groups is 1. The summed E-state index contributed by atoms with van der Waals surface area (Å²) in [5.41, 5.74) is 1.62. The number of hydrogen-bond donors (Lipinski definition) is 1. The highest BCUT2D eigenvalue weighted by Crippen LogP contribution is 2.55. The van der Waals surface area contributed by atoms with Crippen molar-refractivity contribution in [1.29, 1.82) is 0 Å². The molecule has 0 aromatic heterocycles. The van der Waals surface area contributed by atoms with Crippen molar-refractivity contribution in [3.05, 3.63) is 53.6 Å². The third kappa shape index (κ3) is 5.09. The molecule has 1 aliphatic heterocycles. The lowest BCUT2D eigenvalue weighted by Crippen LogP contribution is -2.33. The molecule has 1 unspecified atom stereocenters. The second-order valence-corrected chi connectivity index (χ2v) is 11.4. The maximum atomic E-state index is 13.2. The molecule has 0 saturated heterocycles. The zero-order chi connectivity index (χ0) is 22.9. The average Bonchev–Trinajstić information content (AvgIpc) is 2.89. The zero-order valence-corrected chi connectivity index (χ0v) is 20.7.